The minimum atomic E-state index is -1.51. The molecule has 0 aliphatic heterocycles. The Morgan fingerprint density at radius 3 is 1.31 bits per heavy atom. The number of nitrogens with zero attached hydrogens (tertiary/aromatic N) is 9. The zero-order chi connectivity index (χ0) is 63.7. The Morgan fingerprint density at radius 2 is 0.820 bits per heavy atom. The van der Waals surface area contributed by atoms with Crippen LogP contribution in [0.2, 0.25) is 5.15 Å². The molecule has 0 amide bonds. The molecule has 13 rings (SSSR count). The number of hydrogen-bond acceptors (Lipinski definition) is 16. The van der Waals surface area contributed by atoms with Crippen molar-refractivity contribution in [3.63, 3.8) is 0 Å². The van der Waals surface area contributed by atoms with Crippen LogP contribution in [0.15, 0.2) is 237 Å². The van der Waals surface area contributed by atoms with Crippen molar-refractivity contribution in [1.82, 2.24) is 19.9 Å². The first-order valence-corrected chi connectivity index (χ1v) is 26.4. The van der Waals surface area contributed by atoms with E-state index in [2.05, 4.69) is 19.9 Å². The van der Waals surface area contributed by atoms with Gasteiger partial charge in [-0.05, 0) is 157 Å². The molecule has 26 heteroatoms. The van der Waals surface area contributed by atoms with Crippen molar-refractivity contribution in [3.05, 3.63) is 305 Å². The van der Waals surface area contributed by atoms with Crippen LogP contribution in [0.5, 0.6) is 0 Å². The summed E-state index contributed by atoms with van der Waals surface area (Å²) >= 11 is 5.67. The minimum absolute atomic E-state index is 0.0284. The summed E-state index contributed by atoms with van der Waals surface area (Å²) in [5, 5.41) is 74.3. The van der Waals surface area contributed by atoms with Gasteiger partial charge < -0.3 is 21.0 Å². The lowest BCUT2D eigenvalue weighted by atomic mass is 9.80. The van der Waals surface area contributed by atoms with Crippen LogP contribution in [0.25, 0.3) is 77.0 Å². The molecular weight excluding hydrogens is 1180 g/mol. The van der Waals surface area contributed by atoms with Crippen LogP contribution in [0, 0.1) is 63.1 Å². The van der Waals surface area contributed by atoms with Gasteiger partial charge in [-0.1, -0.05) is 48.0 Å². The van der Waals surface area contributed by atoms with Crippen LogP contribution >= 0.6 is 11.6 Å². The molecule has 0 aliphatic carbocycles. The number of aromatic nitrogens is 5. The standard InChI is InChI=1S/C15H9FN2O2.C15H11FN2.C9H5ClN2O2.C9H6N2O3.C9H6N2O2.C6H6BFO2/c16-11-6-4-10(5-7-11)13-9-8-12-14(17-13)2-1-3-15(12)18(19)20;16-11-6-4-10(5-7-11)14-9-8-12-13(17)2-1-3-15(12)18-14;10-9-5-4-6-7(11-9)2-1-3-8(6)12(13)14;12-10-6-2-3-7-8(10)4-1-5-9(7)11(13)14;12-11(13)9-5-1-4-8-7(9)3-2-6-10-8;8-6-3-1-5(2-4-6)7(9)10/h1-9H;1-9H,17H2;1-5H;1-6H;1-6H;1-4,9-10H. The molecule has 0 unspecified atom stereocenters. The van der Waals surface area contributed by atoms with Gasteiger partial charge in [-0.2, -0.15) is 4.73 Å². The van der Waals surface area contributed by atoms with E-state index in [1.54, 1.807) is 109 Å². The van der Waals surface area contributed by atoms with Gasteiger partial charge >= 0.3 is 7.12 Å². The smallest absolute Gasteiger partial charge is 0.488 e. The zero-order valence-electron chi connectivity index (χ0n) is 45.8. The number of nitro groups is 4. The highest BCUT2D eigenvalue weighted by Crippen LogP contribution is 2.30. The van der Waals surface area contributed by atoms with E-state index in [0.717, 1.165) is 27.7 Å². The first-order chi connectivity index (χ1) is 42.8. The Bertz CT molecular complexity index is 4720. The second-order valence-corrected chi connectivity index (χ2v) is 18.9. The number of halogens is 4. The molecular formula is C63H43BClF3N10O11. The van der Waals surface area contributed by atoms with E-state index in [1.807, 2.05) is 30.3 Å². The molecule has 89 heavy (non-hydrogen) atoms. The maximum atomic E-state index is 12.9. The van der Waals surface area contributed by atoms with Gasteiger partial charge in [0.2, 0.25) is 5.52 Å². The van der Waals surface area contributed by atoms with E-state index >= 15 is 0 Å². The number of pyridine rings is 5. The predicted molar refractivity (Wildman–Crippen MR) is 333 cm³/mol. The Morgan fingerprint density at radius 1 is 0.427 bits per heavy atom. The summed E-state index contributed by atoms with van der Waals surface area (Å²) in [5.41, 5.74) is 13.0. The van der Waals surface area contributed by atoms with E-state index in [4.69, 9.17) is 27.4 Å². The lowest BCUT2D eigenvalue weighted by molar-refractivity contribution is -0.577. The van der Waals surface area contributed by atoms with Crippen LogP contribution in [-0.2, 0) is 0 Å². The third-order valence-electron chi connectivity index (χ3n) is 12.8. The number of rotatable bonds is 7. The van der Waals surface area contributed by atoms with Crippen molar-refractivity contribution >= 4 is 107 Å². The quantitative estimate of drug-likeness (QED) is 0.0254. The number of fused-ring (bicyclic) bond motifs is 5. The van der Waals surface area contributed by atoms with Crippen LogP contribution < -0.4 is 15.9 Å². The van der Waals surface area contributed by atoms with E-state index in [0.29, 0.717) is 70.3 Å². The SMILES string of the molecule is Nc1cccc2nc(-c3ccc(F)cc3)ccc12.O=[N+]([O-])c1cccc2c1ccc[n+]2[O-].O=[N+]([O-])c1cccc2nc(-c3ccc(F)cc3)ccc12.O=[N+]([O-])c1cccc2nc(Cl)ccc12.O=[N+]([O-])c1cccc2ncccc12.OB(O)c1ccc(F)cc1. The van der Waals surface area contributed by atoms with Crippen molar-refractivity contribution < 1.29 is 47.6 Å². The summed E-state index contributed by atoms with van der Waals surface area (Å²) in [7, 11) is -1.51. The number of non-ortho nitro benzene ring substituents is 4. The number of benzene rings is 8. The average Bonchev–Trinajstić information content (AvgIpc) is 1.81. The minimum Gasteiger partial charge on any atom is -0.618 e. The van der Waals surface area contributed by atoms with Crippen molar-refractivity contribution in [2.24, 2.45) is 0 Å². The summed E-state index contributed by atoms with van der Waals surface area (Å²) in [6.07, 6.45) is 2.93. The van der Waals surface area contributed by atoms with E-state index in [9.17, 15) is 58.8 Å². The molecule has 4 N–H and O–H groups in total. The third-order valence-corrected chi connectivity index (χ3v) is 13.0. The lowest BCUT2D eigenvalue weighted by Crippen LogP contribution is -2.29. The van der Waals surface area contributed by atoms with Crippen LogP contribution in [0.3, 0.4) is 0 Å². The zero-order valence-corrected chi connectivity index (χ0v) is 46.5. The molecule has 442 valence electrons. The fourth-order valence-corrected chi connectivity index (χ4v) is 8.71. The average molecular weight is 1220 g/mol. The Kier molecular flexibility index (Phi) is 20.7. The van der Waals surface area contributed by atoms with Gasteiger partial charge in [0, 0.05) is 64.8 Å². The molecule has 5 heterocycles. The molecule has 0 saturated carbocycles. The first-order valence-electron chi connectivity index (χ1n) is 26.0. The van der Waals surface area contributed by atoms with E-state index in [-0.39, 0.29) is 40.2 Å². The summed E-state index contributed by atoms with van der Waals surface area (Å²) in [6, 6.07) is 58.4. The van der Waals surface area contributed by atoms with Crippen molar-refractivity contribution in [1.29, 1.82) is 0 Å². The fourth-order valence-electron chi connectivity index (χ4n) is 8.55. The second-order valence-electron chi connectivity index (χ2n) is 18.5. The van der Waals surface area contributed by atoms with Gasteiger partial charge in [0.05, 0.1) is 69.3 Å². The molecule has 0 bridgehead atoms. The first kappa shape index (κ1) is 63.1. The molecule has 0 spiro atoms. The highest BCUT2D eigenvalue weighted by atomic mass is 35.5. The number of hydrogen-bond donors (Lipinski definition) is 3. The molecule has 21 nitrogen and oxygen atoms in total. The molecule has 0 fully saturated rings. The number of nitrogen functional groups attached to an aromatic ring is 1. The summed E-state index contributed by atoms with van der Waals surface area (Å²) in [5.74, 6) is -0.946. The largest absolute Gasteiger partial charge is 0.618 e. The highest BCUT2D eigenvalue weighted by Gasteiger charge is 2.17. The van der Waals surface area contributed by atoms with Gasteiger partial charge in [-0.3, -0.25) is 45.4 Å². The molecule has 0 aliphatic rings. The topological polar surface area (TPSA) is 318 Å². The summed E-state index contributed by atoms with van der Waals surface area (Å²) in [6.45, 7) is 0. The van der Waals surface area contributed by atoms with Gasteiger partial charge in [0.25, 0.3) is 22.7 Å². The number of nitrogens with two attached hydrogens (primary N) is 1. The van der Waals surface area contributed by atoms with E-state index in [1.165, 1.54) is 97.2 Å². The maximum Gasteiger partial charge on any atom is 0.488 e. The normalized spacial score (nSPS) is 10.4. The predicted octanol–water partition coefficient (Wildman–Crippen LogP) is 13.4. The Labute approximate surface area is 506 Å². The van der Waals surface area contributed by atoms with Gasteiger partial charge in [-0.25, -0.2) is 28.1 Å². The lowest BCUT2D eigenvalue weighted by Gasteiger charge is -2.05. The third kappa shape index (κ3) is 16.3. The van der Waals surface area contributed by atoms with Crippen LogP contribution in [0.1, 0.15) is 0 Å². The second kappa shape index (κ2) is 29.2. The Hall–Kier alpha value is -11.9. The number of anilines is 1. The van der Waals surface area contributed by atoms with Crippen LogP contribution in [-0.4, -0.2) is 56.8 Å². The monoisotopic (exact) mass is 1220 g/mol. The number of nitro benzene ring substituents is 4. The van der Waals surface area contributed by atoms with Crippen LogP contribution in [0.4, 0.5) is 41.6 Å². The summed E-state index contributed by atoms with van der Waals surface area (Å²) < 4.78 is 38.6. The molecule has 8 aromatic carbocycles. The Balaban J connectivity index is 0.000000140. The van der Waals surface area contributed by atoms with Crippen molar-refractivity contribution in [2.45, 2.75) is 0 Å². The van der Waals surface area contributed by atoms with Crippen molar-refractivity contribution in [2.75, 3.05) is 5.73 Å². The van der Waals surface area contributed by atoms with Gasteiger partial charge in [0.1, 0.15) is 28.0 Å². The molecule has 0 radical (unpaired) electrons. The van der Waals surface area contributed by atoms with Gasteiger partial charge in [0.15, 0.2) is 6.20 Å². The summed E-state index contributed by atoms with van der Waals surface area (Å²) in [4.78, 5) is 58.0. The fraction of sp³-hybridized carbons (Fsp3) is 0. The molecule has 13 aromatic rings. The molecule has 0 saturated heterocycles. The maximum absolute atomic E-state index is 12.9. The van der Waals surface area contributed by atoms with E-state index < -0.39 is 26.8 Å². The van der Waals surface area contributed by atoms with Gasteiger partial charge in [-0.15, -0.1) is 0 Å². The molecule has 0 atom stereocenters. The van der Waals surface area contributed by atoms with Crippen molar-refractivity contribution in [3.8, 4) is 22.5 Å². The highest BCUT2D eigenvalue weighted by molar-refractivity contribution is 6.58. The molecule has 5 aromatic heterocycles.